The van der Waals surface area contributed by atoms with Crippen molar-refractivity contribution >= 4 is 17.6 Å². The number of hydrogen-bond acceptors (Lipinski definition) is 3. The Morgan fingerprint density at radius 3 is 2.38 bits per heavy atom. The molecule has 0 bridgehead atoms. The molecule has 6 heteroatoms. The topological polar surface area (TPSA) is 103 Å². The van der Waals surface area contributed by atoms with Gasteiger partial charge in [-0.25, -0.2) is 0 Å². The molecule has 0 saturated heterocycles. The number of benzene rings is 2. The lowest BCUT2D eigenvalue weighted by Gasteiger charge is -2.20. The van der Waals surface area contributed by atoms with E-state index in [4.69, 9.17) is 11.1 Å². The molecular formula is C20H27N5O. The van der Waals surface area contributed by atoms with Crippen LogP contribution in [0.4, 0.5) is 5.69 Å². The van der Waals surface area contributed by atoms with Gasteiger partial charge in [-0.1, -0.05) is 36.4 Å². The molecule has 138 valence electrons. The Kier molecular flexibility index (Phi) is 6.36. The van der Waals surface area contributed by atoms with Gasteiger partial charge in [0.1, 0.15) is 0 Å². The van der Waals surface area contributed by atoms with E-state index in [0.717, 1.165) is 22.4 Å². The molecule has 0 radical (unpaired) electrons. The average molecular weight is 353 g/mol. The van der Waals surface area contributed by atoms with Crippen molar-refractivity contribution in [2.45, 2.75) is 32.9 Å². The largest absolute Gasteiger partial charge is 0.370 e. The second-order valence-corrected chi connectivity index (χ2v) is 7.20. The molecule has 1 amide bonds. The van der Waals surface area contributed by atoms with Gasteiger partial charge in [0.05, 0.1) is 6.54 Å². The third-order valence-corrected chi connectivity index (χ3v) is 3.70. The molecule has 0 heterocycles. The Labute approximate surface area is 154 Å². The van der Waals surface area contributed by atoms with E-state index in [1.807, 2.05) is 69.3 Å². The number of nitrogens with one attached hydrogen (secondary N) is 4. The van der Waals surface area contributed by atoms with Crippen LogP contribution in [0.1, 0.15) is 26.3 Å². The van der Waals surface area contributed by atoms with Crippen LogP contribution in [0.2, 0.25) is 0 Å². The molecule has 2 aromatic carbocycles. The molecule has 2 aromatic rings. The van der Waals surface area contributed by atoms with Crippen molar-refractivity contribution in [1.82, 2.24) is 10.6 Å². The molecule has 0 aliphatic rings. The number of rotatable bonds is 6. The number of guanidine groups is 1. The second-order valence-electron chi connectivity index (χ2n) is 7.20. The van der Waals surface area contributed by atoms with E-state index in [1.165, 1.54) is 0 Å². The molecule has 0 aliphatic carbocycles. The van der Waals surface area contributed by atoms with Gasteiger partial charge in [-0.3, -0.25) is 10.2 Å². The maximum atomic E-state index is 12.1. The number of carbonyl (C=O) groups excluding carboxylic acids is 1. The first-order chi connectivity index (χ1) is 12.2. The highest BCUT2D eigenvalue weighted by Gasteiger charge is 2.11. The molecule has 0 fully saturated rings. The highest BCUT2D eigenvalue weighted by molar-refractivity contribution is 5.93. The highest BCUT2D eigenvalue weighted by Crippen LogP contribution is 2.23. The van der Waals surface area contributed by atoms with E-state index < -0.39 is 0 Å². The average Bonchev–Trinajstić information content (AvgIpc) is 2.58. The number of amides is 1. The number of anilines is 1. The summed E-state index contributed by atoms with van der Waals surface area (Å²) >= 11 is 0. The minimum Gasteiger partial charge on any atom is -0.370 e. The lowest BCUT2D eigenvalue weighted by Crippen LogP contribution is -2.41. The zero-order valence-corrected chi connectivity index (χ0v) is 15.5. The Morgan fingerprint density at radius 1 is 1.08 bits per heavy atom. The molecule has 0 unspecified atom stereocenters. The summed E-state index contributed by atoms with van der Waals surface area (Å²) in [6, 6.07) is 15.8. The van der Waals surface area contributed by atoms with Crippen molar-refractivity contribution in [3.8, 4) is 11.1 Å². The van der Waals surface area contributed by atoms with Crippen LogP contribution in [-0.2, 0) is 11.3 Å². The van der Waals surface area contributed by atoms with Crippen LogP contribution >= 0.6 is 0 Å². The Bertz CT molecular complexity index is 763. The van der Waals surface area contributed by atoms with E-state index in [2.05, 4.69) is 16.0 Å². The predicted molar refractivity (Wildman–Crippen MR) is 107 cm³/mol. The molecule has 0 spiro atoms. The molecule has 0 aromatic heterocycles. The van der Waals surface area contributed by atoms with Gasteiger partial charge in [0.25, 0.3) is 0 Å². The van der Waals surface area contributed by atoms with Gasteiger partial charge in [0.15, 0.2) is 5.96 Å². The SMILES string of the molecule is CC(C)(C)NCC(=O)Nc1cccc(-c2ccc(CNC(=N)N)cc2)c1. The summed E-state index contributed by atoms with van der Waals surface area (Å²) in [5.41, 5.74) is 9.09. The van der Waals surface area contributed by atoms with Crippen molar-refractivity contribution in [3.05, 3.63) is 54.1 Å². The van der Waals surface area contributed by atoms with Crippen molar-refractivity contribution < 1.29 is 4.79 Å². The van der Waals surface area contributed by atoms with Crippen LogP contribution in [0.5, 0.6) is 0 Å². The minimum atomic E-state index is -0.0990. The maximum Gasteiger partial charge on any atom is 0.238 e. The minimum absolute atomic E-state index is 0.0431. The van der Waals surface area contributed by atoms with Crippen molar-refractivity contribution in [2.75, 3.05) is 11.9 Å². The van der Waals surface area contributed by atoms with Gasteiger partial charge in [-0.05, 0) is 49.6 Å². The summed E-state index contributed by atoms with van der Waals surface area (Å²) in [7, 11) is 0. The van der Waals surface area contributed by atoms with Gasteiger partial charge in [0.2, 0.25) is 5.91 Å². The molecule has 2 rings (SSSR count). The maximum absolute atomic E-state index is 12.1. The third kappa shape index (κ3) is 6.57. The standard InChI is InChI=1S/C20H27N5O/c1-20(2,3)24-13-18(26)25-17-6-4-5-16(11-17)15-9-7-14(8-10-15)12-23-19(21)22/h4-11,24H,12-13H2,1-3H3,(H,25,26)(H4,21,22,23). The van der Waals surface area contributed by atoms with Crippen LogP contribution in [0, 0.1) is 5.41 Å². The zero-order valence-electron chi connectivity index (χ0n) is 15.5. The number of nitrogens with two attached hydrogens (primary N) is 1. The van der Waals surface area contributed by atoms with Crippen LogP contribution in [-0.4, -0.2) is 24.0 Å². The van der Waals surface area contributed by atoms with Crippen LogP contribution in [0.15, 0.2) is 48.5 Å². The summed E-state index contributed by atoms with van der Waals surface area (Å²) in [5, 5.41) is 16.1. The summed E-state index contributed by atoms with van der Waals surface area (Å²) in [4.78, 5) is 12.1. The van der Waals surface area contributed by atoms with E-state index in [0.29, 0.717) is 6.54 Å². The van der Waals surface area contributed by atoms with Gasteiger partial charge in [0, 0.05) is 17.8 Å². The van der Waals surface area contributed by atoms with Crippen molar-refractivity contribution in [3.63, 3.8) is 0 Å². The first-order valence-corrected chi connectivity index (χ1v) is 8.55. The zero-order chi connectivity index (χ0) is 19.2. The number of carbonyl (C=O) groups is 1. The van der Waals surface area contributed by atoms with Gasteiger partial charge >= 0.3 is 0 Å². The van der Waals surface area contributed by atoms with E-state index >= 15 is 0 Å². The highest BCUT2D eigenvalue weighted by atomic mass is 16.1. The molecular weight excluding hydrogens is 326 g/mol. The fraction of sp³-hybridized carbons (Fsp3) is 0.300. The van der Waals surface area contributed by atoms with E-state index in [1.54, 1.807) is 0 Å². The van der Waals surface area contributed by atoms with Gasteiger partial charge < -0.3 is 21.7 Å². The van der Waals surface area contributed by atoms with Crippen LogP contribution in [0.3, 0.4) is 0 Å². The predicted octanol–water partition coefficient (Wildman–Crippen LogP) is 2.66. The third-order valence-electron chi connectivity index (χ3n) is 3.70. The monoisotopic (exact) mass is 353 g/mol. The Balaban J connectivity index is 2.02. The smallest absolute Gasteiger partial charge is 0.238 e. The molecule has 6 nitrogen and oxygen atoms in total. The fourth-order valence-electron chi connectivity index (χ4n) is 2.34. The van der Waals surface area contributed by atoms with Gasteiger partial charge in [-0.2, -0.15) is 0 Å². The van der Waals surface area contributed by atoms with Crippen LogP contribution in [0.25, 0.3) is 11.1 Å². The van der Waals surface area contributed by atoms with Crippen molar-refractivity contribution in [1.29, 1.82) is 5.41 Å². The van der Waals surface area contributed by atoms with Crippen molar-refractivity contribution in [2.24, 2.45) is 5.73 Å². The van der Waals surface area contributed by atoms with Gasteiger partial charge in [-0.15, -0.1) is 0 Å². The van der Waals surface area contributed by atoms with E-state index in [-0.39, 0.29) is 24.0 Å². The molecule has 26 heavy (non-hydrogen) atoms. The molecule has 0 atom stereocenters. The molecule has 0 saturated carbocycles. The molecule has 0 aliphatic heterocycles. The fourth-order valence-corrected chi connectivity index (χ4v) is 2.34. The van der Waals surface area contributed by atoms with Crippen LogP contribution < -0.4 is 21.7 Å². The quantitative estimate of drug-likeness (QED) is 0.407. The first-order valence-electron chi connectivity index (χ1n) is 8.55. The first kappa shape index (κ1) is 19.5. The number of hydrogen-bond donors (Lipinski definition) is 5. The lowest BCUT2D eigenvalue weighted by atomic mass is 10.0. The Hall–Kier alpha value is -2.86. The normalized spacial score (nSPS) is 11.0. The summed E-state index contributed by atoms with van der Waals surface area (Å²) < 4.78 is 0. The lowest BCUT2D eigenvalue weighted by molar-refractivity contribution is -0.115. The Morgan fingerprint density at radius 2 is 1.77 bits per heavy atom. The molecule has 6 N–H and O–H groups in total. The summed E-state index contributed by atoms with van der Waals surface area (Å²) in [6.07, 6.45) is 0. The summed E-state index contributed by atoms with van der Waals surface area (Å²) in [5.74, 6) is -0.110. The summed E-state index contributed by atoms with van der Waals surface area (Å²) in [6.45, 7) is 6.86. The second kappa shape index (κ2) is 8.49. The van der Waals surface area contributed by atoms with E-state index in [9.17, 15) is 4.79 Å².